The molecule has 0 N–H and O–H groups in total. The first-order valence-corrected chi connectivity index (χ1v) is 11.9. The summed E-state index contributed by atoms with van der Waals surface area (Å²) in [5, 5.41) is 13.3. The molecule has 0 saturated heterocycles. The molecule has 34 heavy (non-hydrogen) atoms. The maximum Gasteiger partial charge on any atom is 0.273 e. The Morgan fingerprint density at radius 3 is 2.29 bits per heavy atom. The van der Waals surface area contributed by atoms with Gasteiger partial charge in [0, 0.05) is 34.2 Å². The number of aryl methyl sites for hydroxylation is 1. The van der Waals surface area contributed by atoms with E-state index in [-0.39, 0.29) is 23.7 Å². The zero-order valence-electron chi connectivity index (χ0n) is 19.9. The van der Waals surface area contributed by atoms with Crippen LogP contribution in [0, 0.1) is 17.0 Å². The fraction of sp³-hybridized carbons (Fsp3) is 0.308. The lowest BCUT2D eigenvalue weighted by Crippen LogP contribution is -2.51. The first-order valence-electron chi connectivity index (χ1n) is 11.0. The highest BCUT2D eigenvalue weighted by Gasteiger charge is 2.32. The van der Waals surface area contributed by atoms with Gasteiger partial charge in [0.2, 0.25) is 5.91 Å². The van der Waals surface area contributed by atoms with Crippen LogP contribution in [-0.4, -0.2) is 38.6 Å². The van der Waals surface area contributed by atoms with Crippen LogP contribution in [-0.2, 0) is 17.9 Å². The molecule has 2 amide bonds. The second kappa shape index (κ2) is 10.6. The van der Waals surface area contributed by atoms with Crippen LogP contribution in [0.2, 0.25) is 0 Å². The van der Waals surface area contributed by atoms with Crippen LogP contribution in [0.4, 0.5) is 5.69 Å². The van der Waals surface area contributed by atoms with Gasteiger partial charge in [0.15, 0.2) is 0 Å². The van der Waals surface area contributed by atoms with Crippen molar-refractivity contribution in [3.05, 3.63) is 97.7 Å². The molecule has 3 aromatic rings. The van der Waals surface area contributed by atoms with E-state index in [1.165, 1.54) is 11.0 Å². The molecule has 0 bridgehead atoms. The monoisotopic (exact) mass is 479 g/mol. The molecule has 178 valence electrons. The minimum absolute atomic E-state index is 0.116. The van der Waals surface area contributed by atoms with Crippen LogP contribution in [0.1, 0.15) is 47.1 Å². The van der Waals surface area contributed by atoms with Crippen LogP contribution in [0.25, 0.3) is 0 Å². The number of thiophene rings is 1. The highest BCUT2D eigenvalue weighted by atomic mass is 32.1. The first kappa shape index (κ1) is 25.1. The van der Waals surface area contributed by atoms with Gasteiger partial charge >= 0.3 is 0 Å². The molecule has 0 aliphatic rings. The topological polar surface area (TPSA) is 83.8 Å². The van der Waals surface area contributed by atoms with E-state index >= 15 is 0 Å². The number of nitro benzene ring substituents is 1. The number of carbonyl (C=O) groups is 2. The normalized spacial score (nSPS) is 11.2. The van der Waals surface area contributed by atoms with Crippen molar-refractivity contribution in [2.45, 2.75) is 46.3 Å². The van der Waals surface area contributed by atoms with Crippen molar-refractivity contribution in [1.29, 1.82) is 0 Å². The lowest BCUT2D eigenvalue weighted by Gasteiger charge is -2.37. The fourth-order valence-electron chi connectivity index (χ4n) is 3.57. The third-order valence-corrected chi connectivity index (χ3v) is 6.36. The van der Waals surface area contributed by atoms with Gasteiger partial charge in [-0.3, -0.25) is 19.7 Å². The van der Waals surface area contributed by atoms with Gasteiger partial charge in [-0.1, -0.05) is 42.5 Å². The number of hydrogen-bond acceptors (Lipinski definition) is 5. The minimum atomic E-state index is -0.673. The highest BCUT2D eigenvalue weighted by Crippen LogP contribution is 2.24. The summed E-state index contributed by atoms with van der Waals surface area (Å²) in [7, 11) is 0. The number of benzene rings is 2. The van der Waals surface area contributed by atoms with Gasteiger partial charge in [-0.15, -0.1) is 11.3 Å². The van der Waals surface area contributed by atoms with Gasteiger partial charge in [0.05, 0.1) is 11.5 Å². The average molecular weight is 480 g/mol. The van der Waals surface area contributed by atoms with Crippen LogP contribution >= 0.6 is 11.3 Å². The van der Waals surface area contributed by atoms with Gasteiger partial charge in [-0.25, -0.2) is 0 Å². The Morgan fingerprint density at radius 2 is 1.71 bits per heavy atom. The molecular weight excluding hydrogens is 450 g/mol. The van der Waals surface area contributed by atoms with Gasteiger partial charge in [0.25, 0.3) is 11.6 Å². The Balaban J connectivity index is 1.88. The third kappa shape index (κ3) is 6.29. The Kier molecular flexibility index (Phi) is 7.83. The summed E-state index contributed by atoms with van der Waals surface area (Å²) in [5.41, 5.74) is 0.871. The van der Waals surface area contributed by atoms with Crippen molar-refractivity contribution in [2.24, 2.45) is 0 Å². The summed E-state index contributed by atoms with van der Waals surface area (Å²) in [6.45, 7) is 7.89. The predicted molar refractivity (Wildman–Crippen MR) is 134 cm³/mol. The summed E-state index contributed by atoms with van der Waals surface area (Å²) in [6.07, 6.45) is 0. The maximum atomic E-state index is 13.5. The average Bonchev–Trinajstić information content (AvgIpc) is 3.29. The van der Waals surface area contributed by atoms with Crippen molar-refractivity contribution in [1.82, 2.24) is 9.80 Å². The summed E-state index contributed by atoms with van der Waals surface area (Å²) < 4.78 is 0. The molecule has 0 unspecified atom stereocenters. The van der Waals surface area contributed by atoms with E-state index in [0.29, 0.717) is 18.7 Å². The predicted octanol–water partition coefficient (Wildman–Crippen LogP) is 5.43. The standard InChI is InChI=1S/C26H29N3O4S/c1-19-12-13-21(15-23(19)29(32)33)25(31)28(26(2,3)4)18-24(30)27(17-22-11-8-14-34-22)16-20-9-6-5-7-10-20/h5-15H,16-18H2,1-4H3. The Bertz CT molecular complexity index is 1150. The van der Waals surface area contributed by atoms with Crippen LogP contribution in [0.15, 0.2) is 66.0 Å². The van der Waals surface area contributed by atoms with Crippen LogP contribution in [0.5, 0.6) is 0 Å². The number of hydrogen-bond donors (Lipinski definition) is 0. The molecule has 0 atom stereocenters. The Labute approximate surface area is 203 Å². The Morgan fingerprint density at radius 1 is 1.00 bits per heavy atom. The van der Waals surface area contributed by atoms with Crippen LogP contribution in [0.3, 0.4) is 0 Å². The zero-order chi connectivity index (χ0) is 24.9. The van der Waals surface area contributed by atoms with E-state index in [4.69, 9.17) is 0 Å². The van der Waals surface area contributed by atoms with Crippen molar-refractivity contribution in [2.75, 3.05) is 6.54 Å². The van der Waals surface area contributed by atoms with Gasteiger partial charge in [0.1, 0.15) is 6.54 Å². The number of nitrogens with zero attached hydrogens (tertiary/aromatic N) is 3. The molecule has 0 aliphatic carbocycles. The maximum absolute atomic E-state index is 13.5. The molecular formula is C26H29N3O4S. The van der Waals surface area contributed by atoms with E-state index in [9.17, 15) is 19.7 Å². The second-order valence-electron chi connectivity index (χ2n) is 9.14. The van der Waals surface area contributed by atoms with Crippen molar-refractivity contribution in [3.63, 3.8) is 0 Å². The van der Waals surface area contributed by atoms with Crippen molar-refractivity contribution < 1.29 is 14.5 Å². The van der Waals surface area contributed by atoms with Gasteiger partial charge in [-0.05, 0) is 50.8 Å². The highest BCUT2D eigenvalue weighted by molar-refractivity contribution is 7.09. The van der Waals surface area contributed by atoms with E-state index in [1.54, 1.807) is 35.3 Å². The molecule has 1 aromatic heterocycles. The zero-order valence-corrected chi connectivity index (χ0v) is 20.7. The molecule has 8 heteroatoms. The van der Waals surface area contributed by atoms with E-state index in [2.05, 4.69) is 0 Å². The van der Waals surface area contributed by atoms with E-state index in [1.807, 2.05) is 68.6 Å². The number of rotatable bonds is 8. The van der Waals surface area contributed by atoms with Crippen LogP contribution < -0.4 is 0 Å². The lowest BCUT2D eigenvalue weighted by molar-refractivity contribution is -0.385. The van der Waals surface area contributed by atoms with Crippen molar-refractivity contribution in [3.8, 4) is 0 Å². The summed E-state index contributed by atoms with van der Waals surface area (Å²) >= 11 is 1.57. The third-order valence-electron chi connectivity index (χ3n) is 5.50. The fourth-order valence-corrected chi connectivity index (χ4v) is 4.29. The van der Waals surface area contributed by atoms with Gasteiger partial charge < -0.3 is 9.80 Å². The van der Waals surface area contributed by atoms with E-state index in [0.717, 1.165) is 10.4 Å². The molecule has 0 fully saturated rings. The van der Waals surface area contributed by atoms with Crippen molar-refractivity contribution >= 4 is 28.8 Å². The number of amides is 2. The molecule has 0 aliphatic heterocycles. The Hall–Kier alpha value is -3.52. The molecule has 0 radical (unpaired) electrons. The SMILES string of the molecule is Cc1ccc(C(=O)N(CC(=O)N(Cc2ccccc2)Cc2cccs2)C(C)(C)C)cc1[N+](=O)[O-]. The summed E-state index contributed by atoms with van der Waals surface area (Å²) in [5.74, 6) is -0.609. The molecule has 1 heterocycles. The summed E-state index contributed by atoms with van der Waals surface area (Å²) in [4.78, 5) is 42.1. The minimum Gasteiger partial charge on any atom is -0.332 e. The summed E-state index contributed by atoms with van der Waals surface area (Å²) in [6, 6.07) is 18.1. The van der Waals surface area contributed by atoms with E-state index < -0.39 is 16.4 Å². The molecule has 0 saturated carbocycles. The van der Waals surface area contributed by atoms with Gasteiger partial charge in [-0.2, -0.15) is 0 Å². The molecule has 0 spiro atoms. The smallest absolute Gasteiger partial charge is 0.273 e. The number of carbonyl (C=O) groups excluding carboxylic acids is 2. The molecule has 2 aromatic carbocycles. The number of nitro groups is 1. The quantitative estimate of drug-likeness (QED) is 0.318. The second-order valence-corrected chi connectivity index (χ2v) is 10.2. The largest absolute Gasteiger partial charge is 0.332 e. The molecule has 3 rings (SSSR count). The lowest BCUT2D eigenvalue weighted by atomic mass is 10.0. The molecule has 7 nitrogen and oxygen atoms in total. The first-order chi connectivity index (χ1) is 16.1.